The summed E-state index contributed by atoms with van der Waals surface area (Å²) in [5.41, 5.74) is 2.28. The molecule has 3 rings (SSSR count). The molecule has 2 heterocycles. The number of hydrogen-bond acceptors (Lipinski definition) is 4. The number of methoxy groups -OCH3 is 3. The first-order chi connectivity index (χ1) is 9.71. The van der Waals surface area contributed by atoms with Crippen LogP contribution in [0.2, 0.25) is 0 Å². The molecule has 5 heteroatoms. The van der Waals surface area contributed by atoms with Gasteiger partial charge in [-0.1, -0.05) is 0 Å². The van der Waals surface area contributed by atoms with Gasteiger partial charge < -0.3 is 19.1 Å². The van der Waals surface area contributed by atoms with Crippen molar-refractivity contribution < 1.29 is 19.0 Å². The van der Waals surface area contributed by atoms with Crippen molar-refractivity contribution in [1.82, 2.24) is 4.90 Å². The number of carbonyl (C=O) groups is 1. The van der Waals surface area contributed by atoms with Crippen LogP contribution in [-0.2, 0) is 11.2 Å². The van der Waals surface area contributed by atoms with Gasteiger partial charge in [-0.05, 0) is 24.5 Å². The maximum absolute atomic E-state index is 11.9. The molecule has 5 nitrogen and oxygen atoms in total. The fourth-order valence-corrected chi connectivity index (χ4v) is 3.36. The summed E-state index contributed by atoms with van der Waals surface area (Å²) in [5, 5.41) is 0. The number of carbonyl (C=O) groups excluding carboxylic acids is 1. The van der Waals surface area contributed by atoms with E-state index in [9.17, 15) is 4.79 Å². The molecule has 0 aliphatic carbocycles. The highest BCUT2D eigenvalue weighted by atomic mass is 16.5. The summed E-state index contributed by atoms with van der Waals surface area (Å²) < 4.78 is 16.4. The number of benzene rings is 1. The van der Waals surface area contributed by atoms with Gasteiger partial charge in [0.25, 0.3) is 0 Å². The predicted octanol–water partition coefficient (Wildman–Crippen LogP) is 1.93. The third-order valence-corrected chi connectivity index (χ3v) is 4.24. The van der Waals surface area contributed by atoms with E-state index in [0.29, 0.717) is 23.7 Å². The van der Waals surface area contributed by atoms with E-state index in [1.807, 2.05) is 11.0 Å². The normalized spacial score (nSPS) is 20.4. The average molecular weight is 277 g/mol. The summed E-state index contributed by atoms with van der Waals surface area (Å²) in [6, 6.07) is 2.12. The fraction of sp³-hybridized carbons (Fsp3) is 0.533. The molecule has 0 bridgehead atoms. The van der Waals surface area contributed by atoms with Crippen molar-refractivity contribution >= 4 is 5.91 Å². The maximum atomic E-state index is 11.9. The van der Waals surface area contributed by atoms with Gasteiger partial charge in [-0.15, -0.1) is 0 Å². The van der Waals surface area contributed by atoms with Gasteiger partial charge in [0, 0.05) is 18.5 Å². The van der Waals surface area contributed by atoms with Crippen LogP contribution >= 0.6 is 0 Å². The molecule has 0 spiro atoms. The van der Waals surface area contributed by atoms with Gasteiger partial charge in [-0.2, -0.15) is 0 Å². The first kappa shape index (κ1) is 13.1. The van der Waals surface area contributed by atoms with Crippen LogP contribution in [0.1, 0.15) is 30.0 Å². The molecular formula is C15H19NO4. The van der Waals surface area contributed by atoms with E-state index >= 15 is 0 Å². The molecule has 2 aliphatic rings. The average Bonchev–Trinajstić information content (AvgIpc) is 2.86. The van der Waals surface area contributed by atoms with Crippen LogP contribution in [0.25, 0.3) is 0 Å². The third kappa shape index (κ3) is 1.72. The summed E-state index contributed by atoms with van der Waals surface area (Å²) in [4.78, 5) is 13.9. The van der Waals surface area contributed by atoms with E-state index in [2.05, 4.69) is 0 Å². The smallest absolute Gasteiger partial charge is 0.223 e. The highest BCUT2D eigenvalue weighted by Gasteiger charge is 2.39. The number of ether oxygens (including phenoxy) is 3. The van der Waals surface area contributed by atoms with Gasteiger partial charge in [0.2, 0.25) is 11.7 Å². The number of fused-ring (bicyclic) bond motifs is 3. The molecule has 1 aromatic rings. The van der Waals surface area contributed by atoms with Crippen molar-refractivity contribution in [2.45, 2.75) is 25.3 Å². The van der Waals surface area contributed by atoms with Gasteiger partial charge in [0.1, 0.15) is 0 Å². The summed E-state index contributed by atoms with van der Waals surface area (Å²) in [6.45, 7) is 0.773. The SMILES string of the molecule is COc1cc2c(c(OC)c1OC)C1CCC(=O)N1CC2. The molecule has 1 amide bonds. The molecule has 1 fully saturated rings. The number of hydrogen-bond donors (Lipinski definition) is 0. The minimum absolute atomic E-state index is 0.112. The Hall–Kier alpha value is -1.91. The van der Waals surface area contributed by atoms with Crippen LogP contribution < -0.4 is 14.2 Å². The highest BCUT2D eigenvalue weighted by Crippen LogP contribution is 2.50. The molecule has 1 saturated heterocycles. The standard InChI is InChI=1S/C15H19NO4/c1-18-11-8-9-6-7-16-10(4-5-12(16)17)13(9)15(20-3)14(11)19-2/h8,10H,4-7H2,1-3H3. The zero-order valence-electron chi connectivity index (χ0n) is 12.1. The number of nitrogens with zero attached hydrogens (tertiary/aromatic N) is 1. The second-order valence-corrected chi connectivity index (χ2v) is 5.11. The Morgan fingerprint density at radius 1 is 1.10 bits per heavy atom. The largest absolute Gasteiger partial charge is 0.493 e. The van der Waals surface area contributed by atoms with Crippen molar-refractivity contribution in [2.75, 3.05) is 27.9 Å². The molecule has 1 aromatic carbocycles. The Bertz CT molecular complexity index is 555. The molecule has 20 heavy (non-hydrogen) atoms. The first-order valence-corrected chi connectivity index (χ1v) is 6.82. The molecular weight excluding hydrogens is 258 g/mol. The lowest BCUT2D eigenvalue weighted by Gasteiger charge is -2.34. The highest BCUT2D eigenvalue weighted by molar-refractivity contribution is 5.80. The third-order valence-electron chi connectivity index (χ3n) is 4.24. The Kier molecular flexibility index (Phi) is 3.20. The van der Waals surface area contributed by atoms with E-state index < -0.39 is 0 Å². The van der Waals surface area contributed by atoms with Crippen molar-refractivity contribution in [3.63, 3.8) is 0 Å². The van der Waals surface area contributed by atoms with Gasteiger partial charge in [0.05, 0.1) is 27.4 Å². The Morgan fingerprint density at radius 2 is 1.85 bits per heavy atom. The topological polar surface area (TPSA) is 48.0 Å². The zero-order valence-corrected chi connectivity index (χ0v) is 12.1. The Balaban J connectivity index is 2.18. The summed E-state index contributed by atoms with van der Waals surface area (Å²) >= 11 is 0. The van der Waals surface area contributed by atoms with Crippen molar-refractivity contribution in [3.8, 4) is 17.2 Å². The quantitative estimate of drug-likeness (QED) is 0.847. The van der Waals surface area contributed by atoms with Gasteiger partial charge in [0.15, 0.2) is 11.5 Å². The van der Waals surface area contributed by atoms with Crippen LogP contribution in [0.4, 0.5) is 0 Å². The van der Waals surface area contributed by atoms with E-state index in [0.717, 1.165) is 24.9 Å². The molecule has 0 aromatic heterocycles. The van der Waals surface area contributed by atoms with Crippen molar-refractivity contribution in [2.24, 2.45) is 0 Å². The maximum Gasteiger partial charge on any atom is 0.223 e. The van der Waals surface area contributed by atoms with Crippen LogP contribution in [-0.4, -0.2) is 38.7 Å². The first-order valence-electron chi connectivity index (χ1n) is 6.82. The fourth-order valence-electron chi connectivity index (χ4n) is 3.36. The molecule has 1 atom stereocenters. The molecule has 108 valence electrons. The van der Waals surface area contributed by atoms with Gasteiger partial charge >= 0.3 is 0 Å². The molecule has 0 radical (unpaired) electrons. The molecule has 2 aliphatic heterocycles. The summed E-state index contributed by atoms with van der Waals surface area (Å²) in [5.74, 6) is 2.22. The Morgan fingerprint density at radius 3 is 2.50 bits per heavy atom. The number of amides is 1. The lowest BCUT2D eigenvalue weighted by Crippen LogP contribution is -2.34. The second-order valence-electron chi connectivity index (χ2n) is 5.11. The second kappa shape index (κ2) is 4.89. The van der Waals surface area contributed by atoms with Crippen molar-refractivity contribution in [1.29, 1.82) is 0 Å². The van der Waals surface area contributed by atoms with Crippen LogP contribution in [0, 0.1) is 0 Å². The van der Waals surface area contributed by atoms with Crippen molar-refractivity contribution in [3.05, 3.63) is 17.2 Å². The van der Waals surface area contributed by atoms with Crippen LogP contribution in [0.15, 0.2) is 6.07 Å². The minimum atomic E-state index is 0.112. The van der Waals surface area contributed by atoms with E-state index in [-0.39, 0.29) is 11.9 Å². The van der Waals surface area contributed by atoms with Gasteiger partial charge in [-0.3, -0.25) is 4.79 Å². The lowest BCUT2D eigenvalue weighted by molar-refractivity contribution is -0.129. The van der Waals surface area contributed by atoms with E-state index in [1.54, 1.807) is 21.3 Å². The minimum Gasteiger partial charge on any atom is -0.493 e. The Labute approximate surface area is 118 Å². The lowest BCUT2D eigenvalue weighted by atomic mass is 9.91. The zero-order chi connectivity index (χ0) is 14.3. The van der Waals surface area contributed by atoms with E-state index in [1.165, 1.54) is 5.56 Å². The van der Waals surface area contributed by atoms with Gasteiger partial charge in [-0.25, -0.2) is 0 Å². The predicted molar refractivity (Wildman–Crippen MR) is 73.5 cm³/mol. The number of rotatable bonds is 3. The molecule has 0 saturated carbocycles. The van der Waals surface area contributed by atoms with Crippen LogP contribution in [0.5, 0.6) is 17.2 Å². The molecule has 1 unspecified atom stereocenters. The summed E-state index contributed by atoms with van der Waals surface area (Å²) in [6.07, 6.45) is 2.29. The monoisotopic (exact) mass is 277 g/mol. The summed E-state index contributed by atoms with van der Waals surface area (Å²) in [7, 11) is 4.86. The molecule has 0 N–H and O–H groups in total. The van der Waals surface area contributed by atoms with E-state index in [4.69, 9.17) is 14.2 Å². The van der Waals surface area contributed by atoms with Crippen LogP contribution in [0.3, 0.4) is 0 Å².